The van der Waals surface area contributed by atoms with E-state index in [9.17, 15) is 9.59 Å². The van der Waals surface area contributed by atoms with Gasteiger partial charge in [-0.05, 0) is 31.2 Å². The van der Waals surface area contributed by atoms with Crippen LogP contribution in [0.5, 0.6) is 0 Å². The van der Waals surface area contributed by atoms with E-state index in [1.54, 1.807) is 9.58 Å². The molecule has 1 aromatic heterocycles. The highest BCUT2D eigenvalue weighted by atomic mass is 16.2. The Morgan fingerprint density at radius 1 is 1.04 bits per heavy atom. The van der Waals surface area contributed by atoms with Crippen LogP contribution in [0.2, 0.25) is 0 Å². The van der Waals surface area contributed by atoms with Gasteiger partial charge in [0, 0.05) is 24.2 Å². The minimum absolute atomic E-state index is 0.0301. The van der Waals surface area contributed by atoms with Crippen molar-refractivity contribution in [3.05, 3.63) is 87.3 Å². The third-order valence-electron chi connectivity index (χ3n) is 4.65. The zero-order valence-corrected chi connectivity index (χ0v) is 14.0. The highest BCUT2D eigenvalue weighted by Crippen LogP contribution is 2.18. The fourth-order valence-corrected chi connectivity index (χ4v) is 3.21. The Bertz CT molecular complexity index is 968. The first-order chi connectivity index (χ1) is 12.1. The number of nitrogens with one attached hydrogen (secondary N) is 1. The topological polar surface area (TPSA) is 58.1 Å². The Hall–Kier alpha value is -3.08. The standard InChI is InChI=1S/C20H19N3O2/c1-14-7-9-15(10-8-14)19(24)22-12-11-18-17(13-22)20(25)23(21-18)16-5-3-2-4-6-16/h2-10,21H,11-13H2,1H3. The van der Waals surface area contributed by atoms with Gasteiger partial charge in [-0.3, -0.25) is 14.7 Å². The van der Waals surface area contributed by atoms with Gasteiger partial charge in [0.25, 0.3) is 11.5 Å². The molecule has 0 fully saturated rings. The molecule has 0 radical (unpaired) electrons. The summed E-state index contributed by atoms with van der Waals surface area (Å²) in [4.78, 5) is 27.2. The van der Waals surface area contributed by atoms with Gasteiger partial charge in [-0.1, -0.05) is 35.9 Å². The first kappa shape index (κ1) is 15.4. The minimum atomic E-state index is -0.0809. The number of aromatic amines is 1. The van der Waals surface area contributed by atoms with Crippen LogP contribution in [-0.2, 0) is 13.0 Å². The second kappa shape index (κ2) is 6.09. The summed E-state index contributed by atoms with van der Waals surface area (Å²) in [7, 11) is 0. The maximum absolute atomic E-state index is 12.8. The third-order valence-corrected chi connectivity index (χ3v) is 4.65. The molecule has 0 atom stereocenters. The first-order valence-electron chi connectivity index (χ1n) is 8.37. The van der Waals surface area contributed by atoms with Crippen LogP contribution < -0.4 is 5.56 Å². The van der Waals surface area contributed by atoms with Crippen molar-refractivity contribution < 1.29 is 4.79 Å². The molecular formula is C20H19N3O2. The molecule has 0 saturated carbocycles. The van der Waals surface area contributed by atoms with E-state index in [-0.39, 0.29) is 11.5 Å². The molecule has 1 aliphatic rings. The van der Waals surface area contributed by atoms with Gasteiger partial charge in [-0.15, -0.1) is 0 Å². The van der Waals surface area contributed by atoms with Gasteiger partial charge in [-0.2, -0.15) is 0 Å². The summed E-state index contributed by atoms with van der Waals surface area (Å²) in [6.45, 7) is 2.94. The van der Waals surface area contributed by atoms with Crippen molar-refractivity contribution in [1.29, 1.82) is 0 Å². The Kier molecular flexibility index (Phi) is 3.76. The normalized spacial score (nSPS) is 13.6. The van der Waals surface area contributed by atoms with Crippen molar-refractivity contribution >= 4 is 5.91 Å². The maximum Gasteiger partial charge on any atom is 0.276 e. The molecule has 2 aromatic carbocycles. The smallest absolute Gasteiger partial charge is 0.276 e. The number of hydrogen-bond acceptors (Lipinski definition) is 2. The molecule has 25 heavy (non-hydrogen) atoms. The van der Waals surface area contributed by atoms with Crippen LogP contribution in [0.15, 0.2) is 59.4 Å². The maximum atomic E-state index is 12.8. The molecule has 2 heterocycles. The van der Waals surface area contributed by atoms with Crippen LogP contribution in [0.3, 0.4) is 0 Å². The van der Waals surface area contributed by atoms with Crippen LogP contribution in [0, 0.1) is 6.92 Å². The summed E-state index contributed by atoms with van der Waals surface area (Å²) < 4.78 is 1.56. The molecule has 0 bridgehead atoms. The molecule has 4 rings (SSSR count). The third kappa shape index (κ3) is 2.78. The monoisotopic (exact) mass is 333 g/mol. The summed E-state index contributed by atoms with van der Waals surface area (Å²) >= 11 is 0. The Labute approximate surface area is 145 Å². The quantitative estimate of drug-likeness (QED) is 0.784. The molecule has 1 N–H and O–H groups in total. The van der Waals surface area contributed by atoms with Crippen LogP contribution in [-0.4, -0.2) is 27.1 Å². The van der Waals surface area contributed by atoms with E-state index in [1.165, 1.54) is 0 Å². The van der Waals surface area contributed by atoms with Gasteiger partial charge in [0.05, 0.1) is 17.8 Å². The molecule has 5 heteroatoms. The van der Waals surface area contributed by atoms with E-state index in [4.69, 9.17) is 0 Å². The molecule has 0 unspecified atom stereocenters. The number of benzene rings is 2. The van der Waals surface area contributed by atoms with Gasteiger partial charge in [0.1, 0.15) is 0 Å². The van der Waals surface area contributed by atoms with Crippen molar-refractivity contribution in [2.24, 2.45) is 0 Å². The molecule has 5 nitrogen and oxygen atoms in total. The average molecular weight is 333 g/mol. The summed E-state index contributed by atoms with van der Waals surface area (Å²) in [5, 5.41) is 3.19. The number of fused-ring (bicyclic) bond motifs is 1. The van der Waals surface area contributed by atoms with Gasteiger partial charge in [0.2, 0.25) is 0 Å². The zero-order chi connectivity index (χ0) is 17.4. The van der Waals surface area contributed by atoms with E-state index in [0.717, 1.165) is 16.9 Å². The second-order valence-corrected chi connectivity index (χ2v) is 6.39. The van der Waals surface area contributed by atoms with Crippen molar-refractivity contribution in [3.63, 3.8) is 0 Å². The number of carbonyl (C=O) groups excluding carboxylic acids is 1. The fourth-order valence-electron chi connectivity index (χ4n) is 3.21. The van der Waals surface area contributed by atoms with E-state index in [2.05, 4.69) is 5.10 Å². The molecule has 0 aliphatic carbocycles. The van der Waals surface area contributed by atoms with Crippen LogP contribution in [0.1, 0.15) is 27.2 Å². The summed E-state index contributed by atoms with van der Waals surface area (Å²) in [6.07, 6.45) is 0.655. The lowest BCUT2D eigenvalue weighted by Crippen LogP contribution is -2.37. The molecule has 0 spiro atoms. The minimum Gasteiger partial charge on any atom is -0.334 e. The Morgan fingerprint density at radius 3 is 2.48 bits per heavy atom. The van der Waals surface area contributed by atoms with Gasteiger partial charge in [0.15, 0.2) is 0 Å². The van der Waals surface area contributed by atoms with Crippen LogP contribution in [0.4, 0.5) is 0 Å². The number of H-pyrrole nitrogens is 1. The SMILES string of the molecule is Cc1ccc(C(=O)N2CCc3[nH]n(-c4ccccc4)c(=O)c3C2)cc1. The molecular weight excluding hydrogens is 314 g/mol. The molecule has 0 saturated heterocycles. The number of rotatable bonds is 2. The van der Waals surface area contributed by atoms with E-state index in [1.807, 2.05) is 61.5 Å². The highest BCUT2D eigenvalue weighted by molar-refractivity contribution is 5.94. The number of amides is 1. The lowest BCUT2D eigenvalue weighted by Gasteiger charge is -2.26. The van der Waals surface area contributed by atoms with E-state index < -0.39 is 0 Å². The largest absolute Gasteiger partial charge is 0.334 e. The number of aryl methyl sites for hydroxylation is 1. The first-order valence-corrected chi connectivity index (χ1v) is 8.37. The van der Waals surface area contributed by atoms with Crippen molar-refractivity contribution in [2.75, 3.05) is 6.54 Å². The number of aromatic nitrogens is 2. The highest BCUT2D eigenvalue weighted by Gasteiger charge is 2.26. The number of nitrogens with zero attached hydrogens (tertiary/aromatic N) is 2. The zero-order valence-electron chi connectivity index (χ0n) is 14.0. The summed E-state index contributed by atoms with van der Waals surface area (Å²) in [6, 6.07) is 17.0. The lowest BCUT2D eigenvalue weighted by molar-refractivity contribution is 0.0734. The fraction of sp³-hybridized carbons (Fsp3) is 0.200. The van der Waals surface area contributed by atoms with Crippen molar-refractivity contribution in [3.8, 4) is 5.69 Å². The molecule has 3 aromatic rings. The van der Waals surface area contributed by atoms with Crippen molar-refractivity contribution in [1.82, 2.24) is 14.7 Å². The van der Waals surface area contributed by atoms with Gasteiger partial charge in [-0.25, -0.2) is 4.68 Å². The number of para-hydroxylation sites is 1. The van der Waals surface area contributed by atoms with E-state index >= 15 is 0 Å². The Balaban J connectivity index is 1.63. The lowest BCUT2D eigenvalue weighted by atomic mass is 10.1. The predicted molar refractivity (Wildman–Crippen MR) is 96.0 cm³/mol. The number of carbonyl (C=O) groups is 1. The number of hydrogen-bond donors (Lipinski definition) is 1. The predicted octanol–water partition coefficient (Wildman–Crippen LogP) is 2.67. The molecule has 1 aliphatic heterocycles. The second-order valence-electron chi connectivity index (χ2n) is 6.39. The Morgan fingerprint density at radius 2 is 1.76 bits per heavy atom. The summed E-state index contributed by atoms with van der Waals surface area (Å²) in [5.41, 5.74) is 4.10. The van der Waals surface area contributed by atoms with Crippen LogP contribution >= 0.6 is 0 Å². The molecule has 126 valence electrons. The average Bonchev–Trinajstić information content (AvgIpc) is 2.99. The van der Waals surface area contributed by atoms with Crippen LogP contribution in [0.25, 0.3) is 5.69 Å². The van der Waals surface area contributed by atoms with E-state index in [0.29, 0.717) is 30.6 Å². The molecule has 1 amide bonds. The van der Waals surface area contributed by atoms with Gasteiger partial charge < -0.3 is 4.90 Å². The van der Waals surface area contributed by atoms with Crippen molar-refractivity contribution in [2.45, 2.75) is 19.9 Å². The summed E-state index contributed by atoms with van der Waals surface area (Å²) in [5.74, 6) is -0.0301. The van der Waals surface area contributed by atoms with Gasteiger partial charge >= 0.3 is 0 Å².